The maximum Gasteiger partial charge on any atom is 0.227 e. The Morgan fingerprint density at radius 1 is 1.57 bits per heavy atom. The van der Waals surface area contributed by atoms with Crippen LogP contribution in [0, 0.1) is 0 Å². The molecule has 0 saturated heterocycles. The molecule has 0 spiro atoms. The first-order valence-electron chi connectivity index (χ1n) is 4.61. The lowest BCUT2D eigenvalue weighted by atomic mass is 10.5. The molecule has 2 N–H and O–H groups in total. The van der Waals surface area contributed by atoms with Crippen molar-refractivity contribution in [2.45, 2.75) is 6.92 Å². The third kappa shape index (κ3) is 3.18. The van der Waals surface area contributed by atoms with Gasteiger partial charge in [0.25, 0.3) is 0 Å². The predicted octanol–water partition coefficient (Wildman–Crippen LogP) is 0.531. The second kappa shape index (κ2) is 5.39. The monoisotopic (exact) mass is 196 g/mol. The Kier molecular flexibility index (Phi) is 4.12. The summed E-state index contributed by atoms with van der Waals surface area (Å²) in [4.78, 5) is 10.1. The average Bonchev–Trinajstić information content (AvgIpc) is 2.18. The smallest absolute Gasteiger partial charge is 0.227 e. The molecule has 1 aromatic rings. The zero-order valence-electron chi connectivity index (χ0n) is 8.60. The van der Waals surface area contributed by atoms with Gasteiger partial charge < -0.3 is 15.4 Å². The van der Waals surface area contributed by atoms with Crippen LogP contribution in [0.15, 0.2) is 12.3 Å². The minimum absolute atomic E-state index is 0.484. The summed E-state index contributed by atoms with van der Waals surface area (Å²) < 4.78 is 5.23. The van der Waals surface area contributed by atoms with Gasteiger partial charge in [-0.3, -0.25) is 0 Å². The van der Waals surface area contributed by atoms with Gasteiger partial charge >= 0.3 is 0 Å². The van der Waals surface area contributed by atoms with Gasteiger partial charge in [-0.05, 0) is 13.0 Å². The highest BCUT2D eigenvalue weighted by Crippen LogP contribution is 2.05. The van der Waals surface area contributed by atoms with E-state index in [0.717, 1.165) is 13.2 Å². The molecule has 0 bridgehead atoms. The van der Waals surface area contributed by atoms with Crippen LogP contribution in [0.5, 0.6) is 0 Å². The topological polar surface area (TPSA) is 64.3 Å². The van der Waals surface area contributed by atoms with Crippen LogP contribution in [-0.4, -0.2) is 36.8 Å². The number of rotatable bonds is 5. The summed E-state index contributed by atoms with van der Waals surface area (Å²) in [5, 5.41) is 0. The second-order valence-corrected chi connectivity index (χ2v) is 2.90. The van der Waals surface area contributed by atoms with Crippen LogP contribution in [0.25, 0.3) is 0 Å². The van der Waals surface area contributed by atoms with Crippen molar-refractivity contribution in [1.82, 2.24) is 9.97 Å². The maximum atomic E-state index is 5.54. The largest absolute Gasteiger partial charge is 0.384 e. The number of likely N-dealkylation sites (N-methyl/N-ethyl adjacent to an activating group) is 1. The van der Waals surface area contributed by atoms with Crippen molar-refractivity contribution in [2.24, 2.45) is 0 Å². The van der Waals surface area contributed by atoms with E-state index in [4.69, 9.17) is 10.5 Å². The summed E-state index contributed by atoms with van der Waals surface area (Å²) in [6.07, 6.45) is 1.65. The molecular weight excluding hydrogens is 180 g/mol. The van der Waals surface area contributed by atoms with Gasteiger partial charge in [-0.2, -0.15) is 4.98 Å². The van der Waals surface area contributed by atoms with E-state index in [1.54, 1.807) is 12.3 Å². The molecular formula is C9H16N4O. The molecule has 0 unspecified atom stereocenters. The maximum absolute atomic E-state index is 5.54. The van der Waals surface area contributed by atoms with E-state index in [1.807, 2.05) is 18.9 Å². The minimum atomic E-state index is 0.484. The lowest BCUT2D eigenvalue weighted by Crippen LogP contribution is -2.24. The van der Waals surface area contributed by atoms with Gasteiger partial charge in [-0.15, -0.1) is 0 Å². The van der Waals surface area contributed by atoms with E-state index in [2.05, 4.69) is 9.97 Å². The van der Waals surface area contributed by atoms with Gasteiger partial charge in [-0.25, -0.2) is 4.98 Å². The third-order valence-corrected chi connectivity index (χ3v) is 1.78. The Balaban J connectivity index is 2.47. The highest BCUT2D eigenvalue weighted by Gasteiger charge is 2.03. The summed E-state index contributed by atoms with van der Waals surface area (Å²) in [6.45, 7) is 4.13. The zero-order chi connectivity index (χ0) is 10.4. The van der Waals surface area contributed by atoms with E-state index in [0.29, 0.717) is 18.4 Å². The summed E-state index contributed by atoms with van der Waals surface area (Å²) >= 11 is 0. The summed E-state index contributed by atoms with van der Waals surface area (Å²) in [7, 11) is 1.91. The molecule has 0 saturated carbocycles. The predicted molar refractivity (Wildman–Crippen MR) is 56.2 cm³/mol. The number of ether oxygens (including phenoxy) is 1. The van der Waals surface area contributed by atoms with Crippen molar-refractivity contribution in [2.75, 3.05) is 37.4 Å². The number of aromatic nitrogens is 2. The van der Waals surface area contributed by atoms with Gasteiger partial charge in [-0.1, -0.05) is 0 Å². The van der Waals surface area contributed by atoms with E-state index in [-0.39, 0.29) is 0 Å². The molecule has 0 aliphatic rings. The Bertz CT molecular complexity index is 279. The highest BCUT2D eigenvalue weighted by molar-refractivity contribution is 5.36. The first kappa shape index (κ1) is 10.7. The van der Waals surface area contributed by atoms with Crippen molar-refractivity contribution in [3.8, 4) is 0 Å². The first-order valence-corrected chi connectivity index (χ1v) is 4.61. The zero-order valence-corrected chi connectivity index (χ0v) is 8.60. The van der Waals surface area contributed by atoms with Crippen LogP contribution in [0.4, 0.5) is 11.8 Å². The number of nitrogens with two attached hydrogens (primary N) is 1. The molecule has 0 fully saturated rings. The fraction of sp³-hybridized carbons (Fsp3) is 0.556. The van der Waals surface area contributed by atoms with Crippen molar-refractivity contribution >= 4 is 11.8 Å². The van der Waals surface area contributed by atoms with Gasteiger partial charge in [0.2, 0.25) is 5.95 Å². The molecule has 1 heterocycles. The first-order chi connectivity index (χ1) is 6.74. The summed E-state index contributed by atoms with van der Waals surface area (Å²) in [6, 6.07) is 1.67. The quantitative estimate of drug-likeness (QED) is 0.696. The van der Waals surface area contributed by atoms with Gasteiger partial charge in [0.05, 0.1) is 6.61 Å². The summed E-state index contributed by atoms with van der Waals surface area (Å²) in [5.41, 5.74) is 5.54. The molecule has 0 amide bonds. The molecule has 1 aromatic heterocycles. The van der Waals surface area contributed by atoms with E-state index >= 15 is 0 Å². The number of anilines is 2. The van der Waals surface area contributed by atoms with E-state index in [9.17, 15) is 0 Å². The van der Waals surface area contributed by atoms with Gasteiger partial charge in [0.15, 0.2) is 0 Å². The minimum Gasteiger partial charge on any atom is -0.384 e. The van der Waals surface area contributed by atoms with Crippen LogP contribution < -0.4 is 10.6 Å². The summed E-state index contributed by atoms with van der Waals surface area (Å²) in [5.74, 6) is 1.11. The Labute approximate surface area is 83.9 Å². The fourth-order valence-electron chi connectivity index (χ4n) is 0.992. The number of nitrogen functional groups attached to an aromatic ring is 1. The molecule has 0 radical (unpaired) electrons. The van der Waals surface area contributed by atoms with Crippen molar-refractivity contribution in [1.29, 1.82) is 0 Å². The van der Waals surface area contributed by atoms with E-state index in [1.165, 1.54) is 0 Å². The van der Waals surface area contributed by atoms with Crippen LogP contribution in [-0.2, 0) is 4.74 Å². The molecule has 5 heteroatoms. The lowest BCUT2D eigenvalue weighted by molar-refractivity contribution is 0.154. The van der Waals surface area contributed by atoms with Gasteiger partial charge in [0, 0.05) is 26.4 Å². The van der Waals surface area contributed by atoms with Crippen LogP contribution >= 0.6 is 0 Å². The van der Waals surface area contributed by atoms with E-state index < -0.39 is 0 Å². The molecule has 14 heavy (non-hydrogen) atoms. The van der Waals surface area contributed by atoms with Crippen molar-refractivity contribution in [3.05, 3.63) is 12.3 Å². The van der Waals surface area contributed by atoms with Crippen molar-refractivity contribution < 1.29 is 4.74 Å². The Morgan fingerprint density at radius 3 is 3.00 bits per heavy atom. The molecule has 0 aliphatic heterocycles. The molecule has 0 aromatic carbocycles. The molecule has 0 atom stereocenters. The number of hydrogen-bond acceptors (Lipinski definition) is 5. The van der Waals surface area contributed by atoms with Crippen LogP contribution in [0.1, 0.15) is 6.92 Å². The lowest BCUT2D eigenvalue weighted by Gasteiger charge is -2.16. The molecule has 5 nitrogen and oxygen atoms in total. The van der Waals surface area contributed by atoms with Gasteiger partial charge in [0.1, 0.15) is 5.82 Å². The second-order valence-electron chi connectivity index (χ2n) is 2.90. The fourth-order valence-corrected chi connectivity index (χ4v) is 0.992. The normalized spacial score (nSPS) is 10.1. The van der Waals surface area contributed by atoms with Crippen LogP contribution in [0.2, 0.25) is 0 Å². The Morgan fingerprint density at radius 2 is 2.36 bits per heavy atom. The molecule has 0 aliphatic carbocycles. The third-order valence-electron chi connectivity index (χ3n) is 1.78. The average molecular weight is 196 g/mol. The van der Waals surface area contributed by atoms with Crippen LogP contribution in [0.3, 0.4) is 0 Å². The standard InChI is InChI=1S/C9H16N4O/c1-3-14-7-6-13(2)9-11-5-4-8(10)12-9/h4-5H,3,6-7H2,1-2H3,(H2,10,11,12). The SMILES string of the molecule is CCOCCN(C)c1nccc(N)n1. The number of hydrogen-bond donors (Lipinski definition) is 1. The Hall–Kier alpha value is -1.36. The molecule has 78 valence electrons. The number of nitrogens with zero attached hydrogens (tertiary/aromatic N) is 3. The van der Waals surface area contributed by atoms with Crippen molar-refractivity contribution in [3.63, 3.8) is 0 Å². The molecule has 1 rings (SSSR count). The highest BCUT2D eigenvalue weighted by atomic mass is 16.5.